The Morgan fingerprint density at radius 3 is 2.44 bits per heavy atom. The van der Waals surface area contributed by atoms with Crippen molar-refractivity contribution in [3.05, 3.63) is 64.7 Å². The third-order valence-corrected chi connectivity index (χ3v) is 3.88. The second-order valence-corrected chi connectivity index (χ2v) is 5.86. The van der Waals surface area contributed by atoms with Crippen LogP contribution in [0.25, 0.3) is 0 Å². The molecule has 1 atom stereocenters. The van der Waals surface area contributed by atoms with Crippen LogP contribution in [-0.2, 0) is 6.54 Å². The molecule has 0 spiro atoms. The molecule has 0 aliphatic rings. The van der Waals surface area contributed by atoms with Crippen molar-refractivity contribution in [2.45, 2.75) is 26.4 Å². The highest BCUT2D eigenvalue weighted by Gasteiger charge is 2.15. The summed E-state index contributed by atoms with van der Waals surface area (Å²) in [5.41, 5.74) is 8.47. The quantitative estimate of drug-likeness (QED) is 0.754. The Hall–Kier alpha value is -3.02. The fourth-order valence-corrected chi connectivity index (χ4v) is 2.51. The lowest BCUT2D eigenvalue weighted by Crippen LogP contribution is -2.29. The highest BCUT2D eigenvalue weighted by atomic mass is 16.5. The van der Waals surface area contributed by atoms with Crippen LogP contribution in [-0.4, -0.2) is 19.0 Å². The molecule has 132 valence electrons. The van der Waals surface area contributed by atoms with Crippen LogP contribution in [0, 0.1) is 6.92 Å². The second kappa shape index (κ2) is 8.19. The first-order valence-electron chi connectivity index (χ1n) is 7.98. The Morgan fingerprint density at radius 2 is 1.84 bits per heavy atom. The third kappa shape index (κ3) is 4.97. The Kier molecular flexibility index (Phi) is 6.00. The number of ether oxygens (including phenoxy) is 1. The average molecular weight is 341 g/mol. The van der Waals surface area contributed by atoms with Gasteiger partial charge in [0.15, 0.2) is 0 Å². The molecular weight excluding hydrogens is 318 g/mol. The maximum atomic E-state index is 12.4. The molecule has 0 saturated heterocycles. The summed E-state index contributed by atoms with van der Waals surface area (Å²) in [6.07, 6.45) is 0. The molecule has 2 aromatic carbocycles. The highest BCUT2D eigenvalue weighted by Crippen LogP contribution is 2.26. The average Bonchev–Trinajstić information content (AvgIpc) is 2.60. The van der Waals surface area contributed by atoms with E-state index in [4.69, 9.17) is 10.5 Å². The first kappa shape index (κ1) is 18.3. The van der Waals surface area contributed by atoms with Gasteiger partial charge >= 0.3 is 6.03 Å². The molecule has 1 unspecified atom stereocenters. The first-order valence-corrected chi connectivity index (χ1v) is 7.98. The zero-order valence-electron chi connectivity index (χ0n) is 14.6. The number of nitrogens with two attached hydrogens (primary N) is 1. The number of methoxy groups -OCH3 is 1. The van der Waals surface area contributed by atoms with Crippen LogP contribution in [0.5, 0.6) is 5.75 Å². The van der Waals surface area contributed by atoms with Crippen molar-refractivity contribution in [2.75, 3.05) is 7.11 Å². The van der Waals surface area contributed by atoms with Gasteiger partial charge in [-0.2, -0.15) is 0 Å². The summed E-state index contributed by atoms with van der Waals surface area (Å²) in [6.45, 7) is 4.24. The molecule has 0 aliphatic heterocycles. The Morgan fingerprint density at radius 1 is 1.16 bits per heavy atom. The van der Waals surface area contributed by atoms with Gasteiger partial charge in [0.05, 0.1) is 13.2 Å². The molecule has 0 fully saturated rings. The van der Waals surface area contributed by atoms with Gasteiger partial charge < -0.3 is 21.1 Å². The maximum Gasteiger partial charge on any atom is 0.312 e. The molecule has 4 N–H and O–H groups in total. The van der Waals surface area contributed by atoms with Crippen molar-refractivity contribution < 1.29 is 14.3 Å². The van der Waals surface area contributed by atoms with E-state index >= 15 is 0 Å². The minimum atomic E-state index is -0.581. The smallest absolute Gasteiger partial charge is 0.312 e. The fraction of sp³-hybridized carbons (Fsp3) is 0.263. The summed E-state index contributed by atoms with van der Waals surface area (Å²) in [5.74, 6) is 0.566. The summed E-state index contributed by atoms with van der Waals surface area (Å²) in [7, 11) is 1.61. The summed E-state index contributed by atoms with van der Waals surface area (Å²) in [4.78, 5) is 23.2. The molecule has 25 heavy (non-hydrogen) atoms. The SMILES string of the molecule is COc1ccc(C)cc1C(C)NC(=O)c1ccc(CNC(N)=O)cc1. The topological polar surface area (TPSA) is 93.4 Å². The number of aryl methyl sites for hydroxylation is 1. The van der Waals surface area contributed by atoms with Crippen molar-refractivity contribution in [3.63, 3.8) is 0 Å². The molecule has 0 saturated carbocycles. The van der Waals surface area contributed by atoms with Gasteiger partial charge in [-0.15, -0.1) is 0 Å². The van der Waals surface area contributed by atoms with Gasteiger partial charge in [0.2, 0.25) is 0 Å². The van der Waals surface area contributed by atoms with Crippen LogP contribution in [0.3, 0.4) is 0 Å². The van der Waals surface area contributed by atoms with Crippen LogP contribution < -0.4 is 21.1 Å². The lowest BCUT2D eigenvalue weighted by Gasteiger charge is -2.18. The van der Waals surface area contributed by atoms with Gasteiger partial charge in [0.1, 0.15) is 5.75 Å². The number of nitrogens with one attached hydrogen (secondary N) is 2. The van der Waals surface area contributed by atoms with Gasteiger partial charge in [-0.05, 0) is 37.6 Å². The van der Waals surface area contributed by atoms with Crippen LogP contribution in [0.2, 0.25) is 0 Å². The molecule has 6 heteroatoms. The Labute approximate surface area is 147 Å². The molecule has 2 rings (SSSR count). The number of rotatable bonds is 6. The lowest BCUT2D eigenvalue weighted by atomic mass is 10.0. The largest absolute Gasteiger partial charge is 0.496 e. The number of carbonyl (C=O) groups is 2. The summed E-state index contributed by atoms with van der Waals surface area (Å²) >= 11 is 0. The molecule has 0 aromatic heterocycles. The minimum Gasteiger partial charge on any atom is -0.496 e. The van der Waals surface area contributed by atoms with E-state index in [1.165, 1.54) is 0 Å². The molecule has 0 radical (unpaired) electrons. The summed E-state index contributed by atoms with van der Waals surface area (Å²) in [6, 6.07) is 12.1. The highest BCUT2D eigenvalue weighted by molar-refractivity contribution is 5.94. The van der Waals surface area contributed by atoms with Gasteiger partial charge in [0.25, 0.3) is 5.91 Å². The summed E-state index contributed by atoms with van der Waals surface area (Å²) < 4.78 is 5.37. The number of benzene rings is 2. The maximum absolute atomic E-state index is 12.4. The number of hydrogen-bond acceptors (Lipinski definition) is 3. The van der Waals surface area contributed by atoms with E-state index in [9.17, 15) is 9.59 Å². The minimum absolute atomic E-state index is 0.175. The number of carbonyl (C=O) groups excluding carboxylic acids is 2. The normalized spacial score (nSPS) is 11.5. The van der Waals surface area contributed by atoms with Crippen LogP contribution in [0.15, 0.2) is 42.5 Å². The van der Waals surface area contributed by atoms with Crippen LogP contribution in [0.4, 0.5) is 4.79 Å². The number of urea groups is 1. The van der Waals surface area contributed by atoms with Crippen LogP contribution in [0.1, 0.15) is 40.0 Å². The fourth-order valence-electron chi connectivity index (χ4n) is 2.51. The van der Waals surface area contributed by atoms with Gasteiger partial charge in [-0.1, -0.05) is 29.8 Å². The predicted octanol–water partition coefficient (Wildman–Crippen LogP) is 2.66. The second-order valence-electron chi connectivity index (χ2n) is 5.86. The number of hydrogen-bond donors (Lipinski definition) is 3. The van der Waals surface area contributed by atoms with Crippen molar-refractivity contribution in [1.29, 1.82) is 0 Å². The lowest BCUT2D eigenvalue weighted by molar-refractivity contribution is 0.0939. The van der Waals surface area contributed by atoms with E-state index in [1.807, 2.05) is 32.0 Å². The molecule has 2 aromatic rings. The Balaban J connectivity index is 2.06. The predicted molar refractivity (Wildman–Crippen MR) is 96.5 cm³/mol. The zero-order chi connectivity index (χ0) is 18.4. The van der Waals surface area contributed by atoms with Crippen molar-refractivity contribution in [2.24, 2.45) is 5.73 Å². The van der Waals surface area contributed by atoms with Gasteiger partial charge in [0, 0.05) is 17.7 Å². The van der Waals surface area contributed by atoms with E-state index in [0.717, 1.165) is 22.4 Å². The molecule has 0 bridgehead atoms. The van der Waals surface area contributed by atoms with Crippen molar-refractivity contribution in [3.8, 4) is 5.75 Å². The van der Waals surface area contributed by atoms with Gasteiger partial charge in [-0.3, -0.25) is 4.79 Å². The Bertz CT molecular complexity index is 757. The monoisotopic (exact) mass is 341 g/mol. The molecule has 0 heterocycles. The molecule has 3 amide bonds. The standard InChI is InChI=1S/C19H23N3O3/c1-12-4-9-17(25-3)16(10-12)13(2)22-18(23)15-7-5-14(6-8-15)11-21-19(20)24/h4-10,13H,11H2,1-3H3,(H,22,23)(H3,20,21,24). The number of primary amides is 1. The van der Waals surface area contributed by atoms with E-state index in [0.29, 0.717) is 12.1 Å². The first-order chi connectivity index (χ1) is 11.9. The molecule has 6 nitrogen and oxygen atoms in total. The zero-order valence-corrected chi connectivity index (χ0v) is 14.6. The van der Waals surface area contributed by atoms with E-state index in [2.05, 4.69) is 10.6 Å². The molecule has 0 aliphatic carbocycles. The van der Waals surface area contributed by atoms with E-state index in [1.54, 1.807) is 31.4 Å². The van der Waals surface area contributed by atoms with Crippen molar-refractivity contribution in [1.82, 2.24) is 10.6 Å². The molecular formula is C19H23N3O3. The number of amides is 3. The van der Waals surface area contributed by atoms with Crippen LogP contribution >= 0.6 is 0 Å². The van der Waals surface area contributed by atoms with Crippen molar-refractivity contribution >= 4 is 11.9 Å². The van der Waals surface area contributed by atoms with E-state index < -0.39 is 6.03 Å². The van der Waals surface area contributed by atoms with E-state index in [-0.39, 0.29) is 11.9 Å². The third-order valence-electron chi connectivity index (χ3n) is 3.88. The summed E-state index contributed by atoms with van der Waals surface area (Å²) in [5, 5.41) is 5.48. The van der Waals surface area contributed by atoms with Gasteiger partial charge in [-0.25, -0.2) is 4.79 Å².